The molecule has 4 nitrogen and oxygen atoms in total. The van der Waals surface area contributed by atoms with Gasteiger partial charge in [0.1, 0.15) is 0 Å². The smallest absolute Gasteiger partial charge is 0.305 e. The Kier molecular flexibility index (Phi) is 3.83. The van der Waals surface area contributed by atoms with Gasteiger partial charge in [0.15, 0.2) is 0 Å². The standard InChI is InChI=1S/C10H11FN2O2.ClH/c11-8-4-3-7(5-9(8)13(14)15)10(12)6-1-2-6;/h3-6,10H,1-2,12H2;1H/t10-;/m1./s1. The zero-order chi connectivity index (χ0) is 11.0. The van der Waals surface area contributed by atoms with E-state index in [2.05, 4.69) is 0 Å². The van der Waals surface area contributed by atoms with Crippen molar-refractivity contribution in [3.8, 4) is 0 Å². The first kappa shape index (κ1) is 12.9. The van der Waals surface area contributed by atoms with Gasteiger partial charge in [0.25, 0.3) is 0 Å². The van der Waals surface area contributed by atoms with Gasteiger partial charge < -0.3 is 5.73 Å². The lowest BCUT2D eigenvalue weighted by molar-refractivity contribution is -0.387. The van der Waals surface area contributed by atoms with E-state index >= 15 is 0 Å². The van der Waals surface area contributed by atoms with Gasteiger partial charge in [-0.1, -0.05) is 6.07 Å². The molecule has 1 aromatic carbocycles. The number of nitro benzene ring substituents is 1. The minimum absolute atomic E-state index is 0. The summed E-state index contributed by atoms with van der Waals surface area (Å²) in [4.78, 5) is 9.78. The molecule has 0 unspecified atom stereocenters. The van der Waals surface area contributed by atoms with Crippen LogP contribution < -0.4 is 5.73 Å². The molecule has 0 bridgehead atoms. The van der Waals surface area contributed by atoms with Crippen molar-refractivity contribution in [2.24, 2.45) is 11.7 Å². The third-order valence-corrected chi connectivity index (χ3v) is 2.68. The lowest BCUT2D eigenvalue weighted by Gasteiger charge is -2.09. The zero-order valence-corrected chi connectivity index (χ0v) is 9.24. The highest BCUT2D eigenvalue weighted by atomic mass is 35.5. The van der Waals surface area contributed by atoms with Crippen LogP contribution in [0.5, 0.6) is 0 Å². The fourth-order valence-corrected chi connectivity index (χ4v) is 1.60. The lowest BCUT2D eigenvalue weighted by Crippen LogP contribution is -2.12. The number of nitrogens with zero attached hydrogens (tertiary/aromatic N) is 1. The Morgan fingerprint density at radius 3 is 2.62 bits per heavy atom. The summed E-state index contributed by atoms with van der Waals surface area (Å²) < 4.78 is 13.0. The molecule has 2 rings (SSSR count). The van der Waals surface area contributed by atoms with Gasteiger partial charge in [0, 0.05) is 12.1 Å². The molecule has 1 fully saturated rings. The molecular formula is C10H12ClFN2O2. The Morgan fingerprint density at radius 1 is 1.50 bits per heavy atom. The second-order valence-corrected chi connectivity index (χ2v) is 3.83. The third-order valence-electron chi connectivity index (χ3n) is 2.68. The number of nitro groups is 1. The summed E-state index contributed by atoms with van der Waals surface area (Å²) in [6, 6.07) is 3.66. The molecule has 88 valence electrons. The third kappa shape index (κ3) is 2.48. The molecule has 6 heteroatoms. The van der Waals surface area contributed by atoms with Crippen molar-refractivity contribution < 1.29 is 9.31 Å². The van der Waals surface area contributed by atoms with Gasteiger partial charge >= 0.3 is 5.69 Å². The summed E-state index contributed by atoms with van der Waals surface area (Å²) >= 11 is 0. The molecule has 1 aromatic rings. The van der Waals surface area contributed by atoms with Crippen LogP contribution in [0, 0.1) is 21.8 Å². The predicted octanol–water partition coefficient (Wildman–Crippen LogP) is 2.57. The summed E-state index contributed by atoms with van der Waals surface area (Å²) in [6.07, 6.45) is 2.10. The molecule has 0 aliphatic heterocycles. The largest absolute Gasteiger partial charge is 0.324 e. The predicted molar refractivity (Wildman–Crippen MR) is 60.0 cm³/mol. The van der Waals surface area contributed by atoms with Gasteiger partial charge in [-0.2, -0.15) is 4.39 Å². The molecule has 0 heterocycles. The number of rotatable bonds is 3. The summed E-state index contributed by atoms with van der Waals surface area (Å²) in [5, 5.41) is 10.5. The van der Waals surface area contributed by atoms with E-state index in [0.717, 1.165) is 18.9 Å². The Balaban J connectivity index is 0.00000128. The minimum atomic E-state index is -0.813. The van der Waals surface area contributed by atoms with Crippen molar-refractivity contribution in [2.75, 3.05) is 0 Å². The Morgan fingerprint density at radius 2 is 2.12 bits per heavy atom. The van der Waals surface area contributed by atoms with Crippen LogP contribution in [0.15, 0.2) is 18.2 Å². The maximum absolute atomic E-state index is 13.0. The van der Waals surface area contributed by atoms with Crippen LogP contribution in [0.1, 0.15) is 24.4 Å². The topological polar surface area (TPSA) is 69.2 Å². The summed E-state index contributed by atoms with van der Waals surface area (Å²) in [5.41, 5.74) is 6.02. The van der Waals surface area contributed by atoms with E-state index in [1.165, 1.54) is 12.1 Å². The highest BCUT2D eigenvalue weighted by molar-refractivity contribution is 5.85. The first-order valence-electron chi connectivity index (χ1n) is 4.79. The van der Waals surface area contributed by atoms with Crippen molar-refractivity contribution in [3.05, 3.63) is 39.7 Å². The molecule has 0 amide bonds. The van der Waals surface area contributed by atoms with E-state index in [-0.39, 0.29) is 18.4 Å². The summed E-state index contributed by atoms with van der Waals surface area (Å²) in [5.74, 6) is -0.415. The number of hydrogen-bond acceptors (Lipinski definition) is 3. The number of hydrogen-bond donors (Lipinski definition) is 1. The minimum Gasteiger partial charge on any atom is -0.324 e. The Hall–Kier alpha value is -1.20. The van der Waals surface area contributed by atoms with Crippen LogP contribution in [0.25, 0.3) is 0 Å². The van der Waals surface area contributed by atoms with E-state index in [9.17, 15) is 14.5 Å². The van der Waals surface area contributed by atoms with Crippen molar-refractivity contribution >= 4 is 18.1 Å². The van der Waals surface area contributed by atoms with Crippen molar-refractivity contribution in [1.29, 1.82) is 0 Å². The normalized spacial score (nSPS) is 16.4. The quantitative estimate of drug-likeness (QED) is 0.658. The summed E-state index contributed by atoms with van der Waals surface area (Å²) in [7, 11) is 0. The molecule has 1 saturated carbocycles. The lowest BCUT2D eigenvalue weighted by atomic mass is 10.0. The second-order valence-electron chi connectivity index (χ2n) is 3.83. The fraction of sp³-hybridized carbons (Fsp3) is 0.400. The molecule has 1 atom stereocenters. The average Bonchev–Trinajstić information content (AvgIpc) is 3.00. The highest BCUT2D eigenvalue weighted by Gasteiger charge is 2.30. The van der Waals surface area contributed by atoms with Gasteiger partial charge in [-0.05, 0) is 30.4 Å². The van der Waals surface area contributed by atoms with Crippen LogP contribution in [0.3, 0.4) is 0 Å². The van der Waals surface area contributed by atoms with E-state index in [1.54, 1.807) is 0 Å². The van der Waals surface area contributed by atoms with Crippen molar-refractivity contribution in [2.45, 2.75) is 18.9 Å². The first-order valence-corrected chi connectivity index (χ1v) is 4.79. The number of benzene rings is 1. The Bertz CT molecular complexity index is 410. The molecule has 1 aliphatic carbocycles. The molecule has 0 spiro atoms. The van der Waals surface area contributed by atoms with Crippen LogP contribution in [0.4, 0.5) is 10.1 Å². The molecular weight excluding hydrogens is 235 g/mol. The van der Waals surface area contributed by atoms with Crippen molar-refractivity contribution in [1.82, 2.24) is 0 Å². The van der Waals surface area contributed by atoms with Crippen molar-refractivity contribution in [3.63, 3.8) is 0 Å². The van der Waals surface area contributed by atoms with E-state index in [1.807, 2.05) is 0 Å². The molecule has 0 saturated heterocycles. The molecule has 16 heavy (non-hydrogen) atoms. The maximum atomic E-state index is 13.0. The van der Waals surface area contributed by atoms with Crippen LogP contribution in [0.2, 0.25) is 0 Å². The molecule has 0 aromatic heterocycles. The second kappa shape index (κ2) is 4.76. The van der Waals surface area contributed by atoms with Gasteiger partial charge in [-0.3, -0.25) is 10.1 Å². The van der Waals surface area contributed by atoms with Crippen LogP contribution >= 0.6 is 12.4 Å². The molecule has 1 aliphatic rings. The zero-order valence-electron chi connectivity index (χ0n) is 8.43. The van der Waals surface area contributed by atoms with Gasteiger partial charge in [-0.25, -0.2) is 0 Å². The first-order chi connectivity index (χ1) is 7.09. The van der Waals surface area contributed by atoms with E-state index < -0.39 is 16.4 Å². The molecule has 0 radical (unpaired) electrons. The van der Waals surface area contributed by atoms with Crippen LogP contribution in [-0.2, 0) is 0 Å². The summed E-state index contributed by atoms with van der Waals surface area (Å²) in [6.45, 7) is 0. The SMILES string of the molecule is Cl.N[C@@H](c1ccc(F)c([N+](=O)[O-])c1)C1CC1. The Labute approximate surface area is 98.2 Å². The highest BCUT2D eigenvalue weighted by Crippen LogP contribution is 2.40. The van der Waals surface area contributed by atoms with Gasteiger partial charge in [0.2, 0.25) is 5.82 Å². The number of halogens is 2. The monoisotopic (exact) mass is 246 g/mol. The number of nitrogens with two attached hydrogens (primary N) is 1. The fourth-order valence-electron chi connectivity index (χ4n) is 1.60. The van der Waals surface area contributed by atoms with Crippen LogP contribution in [-0.4, -0.2) is 4.92 Å². The van der Waals surface area contributed by atoms with Gasteiger partial charge in [0.05, 0.1) is 4.92 Å². The van der Waals surface area contributed by atoms with Gasteiger partial charge in [-0.15, -0.1) is 12.4 Å². The van der Waals surface area contributed by atoms with E-state index in [4.69, 9.17) is 5.73 Å². The maximum Gasteiger partial charge on any atom is 0.305 e. The van der Waals surface area contributed by atoms with E-state index in [0.29, 0.717) is 11.5 Å². The average molecular weight is 247 g/mol. The molecule has 2 N–H and O–H groups in total.